The third kappa shape index (κ3) is 4.06. The van der Waals surface area contributed by atoms with Crippen molar-refractivity contribution in [3.63, 3.8) is 0 Å². The molecule has 0 saturated carbocycles. The van der Waals surface area contributed by atoms with E-state index < -0.39 is 0 Å². The van der Waals surface area contributed by atoms with Crippen LogP contribution in [0.15, 0.2) is 48.5 Å². The monoisotopic (exact) mass is 253 g/mol. The molecule has 0 saturated heterocycles. The second kappa shape index (κ2) is 6.48. The van der Waals surface area contributed by atoms with Crippen molar-refractivity contribution >= 4 is 5.69 Å². The van der Waals surface area contributed by atoms with E-state index in [2.05, 4.69) is 11.8 Å². The number of nitrogen functional groups attached to an aromatic ring is 1. The van der Waals surface area contributed by atoms with Gasteiger partial charge in [-0.3, -0.25) is 0 Å². The highest BCUT2D eigenvalue weighted by molar-refractivity contribution is 5.44. The van der Waals surface area contributed by atoms with E-state index in [1.54, 1.807) is 12.1 Å². The van der Waals surface area contributed by atoms with Crippen LogP contribution in [0.1, 0.15) is 12.0 Å². The normalized spacial score (nSPS) is 9.53. The molecule has 0 unspecified atom stereocenters. The van der Waals surface area contributed by atoms with Crippen molar-refractivity contribution in [2.24, 2.45) is 0 Å². The van der Waals surface area contributed by atoms with Crippen LogP contribution in [0.2, 0.25) is 0 Å². The average Bonchev–Trinajstić information content (AvgIpc) is 2.44. The summed E-state index contributed by atoms with van der Waals surface area (Å²) in [6.07, 6.45) is 0.490. The minimum absolute atomic E-state index is 0.0886. The van der Waals surface area contributed by atoms with Crippen LogP contribution >= 0.6 is 0 Å². The van der Waals surface area contributed by atoms with Gasteiger partial charge >= 0.3 is 0 Å². The summed E-state index contributed by atoms with van der Waals surface area (Å²) in [5, 5.41) is 8.64. The Hall–Kier alpha value is -2.44. The SMILES string of the molecule is Nc1ccc(Oc2ccc(C#CCCO)cc2)cc1. The van der Waals surface area contributed by atoms with Crippen LogP contribution in [0.5, 0.6) is 11.5 Å². The zero-order valence-corrected chi connectivity index (χ0v) is 10.5. The van der Waals surface area contributed by atoms with Crippen LogP contribution in [0.3, 0.4) is 0 Å². The first-order valence-corrected chi connectivity index (χ1v) is 6.01. The Balaban J connectivity index is 2.03. The van der Waals surface area contributed by atoms with E-state index in [0.717, 1.165) is 17.1 Å². The van der Waals surface area contributed by atoms with Crippen LogP contribution in [0, 0.1) is 11.8 Å². The Morgan fingerprint density at radius 1 is 0.947 bits per heavy atom. The molecular formula is C16H15NO2. The van der Waals surface area contributed by atoms with E-state index in [0.29, 0.717) is 12.1 Å². The summed E-state index contributed by atoms with van der Waals surface area (Å²) in [5.74, 6) is 7.33. The van der Waals surface area contributed by atoms with E-state index in [-0.39, 0.29) is 6.61 Å². The number of ether oxygens (including phenoxy) is 1. The van der Waals surface area contributed by atoms with Crippen molar-refractivity contribution in [2.45, 2.75) is 6.42 Å². The molecule has 3 heteroatoms. The number of hydrogen-bond acceptors (Lipinski definition) is 3. The summed E-state index contributed by atoms with van der Waals surface area (Å²) in [4.78, 5) is 0. The van der Waals surface area contributed by atoms with E-state index in [1.807, 2.05) is 36.4 Å². The molecular weight excluding hydrogens is 238 g/mol. The van der Waals surface area contributed by atoms with Gasteiger partial charge in [0, 0.05) is 17.7 Å². The molecule has 0 aliphatic rings. The largest absolute Gasteiger partial charge is 0.457 e. The number of rotatable bonds is 3. The number of nitrogens with two attached hydrogens (primary N) is 1. The molecule has 0 aliphatic heterocycles. The molecule has 2 aromatic rings. The third-order valence-corrected chi connectivity index (χ3v) is 2.44. The standard InChI is InChI=1S/C16H15NO2/c17-14-6-10-16(11-7-14)19-15-8-4-13(5-9-15)3-1-2-12-18/h4-11,18H,2,12,17H2. The Labute approximate surface area is 112 Å². The molecule has 0 atom stereocenters. The van der Waals surface area contributed by atoms with Crippen LogP contribution in [0.4, 0.5) is 5.69 Å². The first-order chi connectivity index (χ1) is 9.28. The van der Waals surface area contributed by atoms with Gasteiger partial charge in [0.05, 0.1) is 6.61 Å². The third-order valence-electron chi connectivity index (χ3n) is 2.44. The molecule has 2 rings (SSSR count). The molecule has 96 valence electrons. The topological polar surface area (TPSA) is 55.5 Å². The molecule has 0 radical (unpaired) electrons. The Morgan fingerprint density at radius 3 is 2.11 bits per heavy atom. The lowest BCUT2D eigenvalue weighted by Gasteiger charge is -2.05. The van der Waals surface area contributed by atoms with Crippen LogP contribution in [-0.4, -0.2) is 11.7 Å². The van der Waals surface area contributed by atoms with Crippen molar-refractivity contribution < 1.29 is 9.84 Å². The molecule has 0 aromatic heterocycles. The van der Waals surface area contributed by atoms with Gasteiger partial charge in [-0.2, -0.15) is 0 Å². The first-order valence-electron chi connectivity index (χ1n) is 6.01. The van der Waals surface area contributed by atoms with E-state index in [9.17, 15) is 0 Å². The second-order valence-electron chi connectivity index (χ2n) is 3.97. The van der Waals surface area contributed by atoms with E-state index >= 15 is 0 Å². The zero-order chi connectivity index (χ0) is 13.5. The molecule has 0 bridgehead atoms. The van der Waals surface area contributed by atoms with Crippen molar-refractivity contribution in [2.75, 3.05) is 12.3 Å². The van der Waals surface area contributed by atoms with Gasteiger partial charge in [0.2, 0.25) is 0 Å². The summed E-state index contributed by atoms with van der Waals surface area (Å²) in [6.45, 7) is 0.0886. The lowest BCUT2D eigenvalue weighted by Crippen LogP contribution is -1.86. The van der Waals surface area contributed by atoms with Gasteiger partial charge in [0.1, 0.15) is 11.5 Å². The molecule has 0 amide bonds. The lowest BCUT2D eigenvalue weighted by atomic mass is 10.2. The highest BCUT2D eigenvalue weighted by Gasteiger charge is 1.96. The lowest BCUT2D eigenvalue weighted by molar-refractivity contribution is 0.305. The molecule has 0 heterocycles. The van der Waals surface area contributed by atoms with Gasteiger partial charge < -0.3 is 15.6 Å². The second-order valence-corrected chi connectivity index (χ2v) is 3.97. The number of aliphatic hydroxyl groups excluding tert-OH is 1. The number of hydrogen-bond donors (Lipinski definition) is 2. The van der Waals surface area contributed by atoms with Gasteiger partial charge in [-0.05, 0) is 48.5 Å². The maximum absolute atomic E-state index is 8.64. The highest BCUT2D eigenvalue weighted by Crippen LogP contribution is 2.22. The Morgan fingerprint density at radius 2 is 1.53 bits per heavy atom. The highest BCUT2D eigenvalue weighted by atomic mass is 16.5. The van der Waals surface area contributed by atoms with Crippen molar-refractivity contribution in [1.82, 2.24) is 0 Å². The molecule has 0 spiro atoms. The number of anilines is 1. The summed E-state index contributed by atoms with van der Waals surface area (Å²) < 4.78 is 5.67. The van der Waals surface area contributed by atoms with E-state index in [4.69, 9.17) is 15.6 Å². The van der Waals surface area contributed by atoms with Gasteiger partial charge in [-0.15, -0.1) is 0 Å². The molecule has 3 nitrogen and oxygen atoms in total. The van der Waals surface area contributed by atoms with Crippen molar-refractivity contribution in [3.05, 3.63) is 54.1 Å². The summed E-state index contributed by atoms with van der Waals surface area (Å²) in [7, 11) is 0. The minimum atomic E-state index is 0.0886. The number of aliphatic hydroxyl groups is 1. The minimum Gasteiger partial charge on any atom is -0.457 e. The number of benzene rings is 2. The molecule has 0 aliphatic carbocycles. The zero-order valence-electron chi connectivity index (χ0n) is 10.5. The summed E-state index contributed by atoms with van der Waals surface area (Å²) in [6, 6.07) is 14.7. The summed E-state index contributed by atoms with van der Waals surface area (Å²) in [5.41, 5.74) is 7.22. The predicted molar refractivity (Wildman–Crippen MR) is 76.0 cm³/mol. The average molecular weight is 253 g/mol. The predicted octanol–water partition coefficient (Wildman–Crippen LogP) is 2.80. The van der Waals surface area contributed by atoms with Crippen molar-refractivity contribution in [1.29, 1.82) is 0 Å². The first kappa shape index (κ1) is 13.0. The molecule has 3 N–H and O–H groups in total. The fourth-order valence-electron chi connectivity index (χ4n) is 1.50. The van der Waals surface area contributed by atoms with Crippen LogP contribution < -0.4 is 10.5 Å². The molecule has 19 heavy (non-hydrogen) atoms. The smallest absolute Gasteiger partial charge is 0.127 e. The summed E-state index contributed by atoms with van der Waals surface area (Å²) >= 11 is 0. The van der Waals surface area contributed by atoms with Gasteiger partial charge in [0.15, 0.2) is 0 Å². The Bertz CT molecular complexity index is 577. The van der Waals surface area contributed by atoms with Crippen LogP contribution in [-0.2, 0) is 0 Å². The molecule has 2 aromatic carbocycles. The fourth-order valence-corrected chi connectivity index (χ4v) is 1.50. The quantitative estimate of drug-likeness (QED) is 0.653. The Kier molecular flexibility index (Phi) is 4.44. The van der Waals surface area contributed by atoms with Crippen molar-refractivity contribution in [3.8, 4) is 23.3 Å². The van der Waals surface area contributed by atoms with Gasteiger partial charge in [0.25, 0.3) is 0 Å². The molecule has 0 fully saturated rings. The van der Waals surface area contributed by atoms with Gasteiger partial charge in [-0.25, -0.2) is 0 Å². The van der Waals surface area contributed by atoms with Gasteiger partial charge in [-0.1, -0.05) is 11.8 Å². The fraction of sp³-hybridized carbons (Fsp3) is 0.125. The maximum atomic E-state index is 8.64. The van der Waals surface area contributed by atoms with Crippen LogP contribution in [0.25, 0.3) is 0 Å². The van der Waals surface area contributed by atoms with E-state index in [1.165, 1.54) is 0 Å². The maximum Gasteiger partial charge on any atom is 0.127 e.